The van der Waals surface area contributed by atoms with Gasteiger partial charge in [-0.25, -0.2) is 4.39 Å². The molecule has 100 valence electrons. The molecule has 2 aromatic carbocycles. The average Bonchev–Trinajstić information content (AvgIpc) is 2.75. The molecule has 0 spiro atoms. The van der Waals surface area contributed by atoms with Crippen LogP contribution in [-0.4, -0.2) is 13.0 Å². The van der Waals surface area contributed by atoms with Crippen LogP contribution >= 0.6 is 0 Å². The Morgan fingerprint density at radius 1 is 1.15 bits per heavy atom. The van der Waals surface area contributed by atoms with Gasteiger partial charge in [0.15, 0.2) is 0 Å². The summed E-state index contributed by atoms with van der Waals surface area (Å²) in [6.45, 7) is 0. The van der Waals surface area contributed by atoms with Crippen LogP contribution in [0.15, 0.2) is 42.5 Å². The SMILES string of the molecule is COc1ccc(C=C2C(=O)Nc3cc(F)ccc32)cc1. The molecule has 20 heavy (non-hydrogen) atoms. The van der Waals surface area contributed by atoms with Gasteiger partial charge in [0.2, 0.25) is 0 Å². The molecule has 0 atom stereocenters. The van der Waals surface area contributed by atoms with Gasteiger partial charge >= 0.3 is 0 Å². The summed E-state index contributed by atoms with van der Waals surface area (Å²) in [6.07, 6.45) is 1.78. The van der Waals surface area contributed by atoms with Crippen molar-refractivity contribution in [3.8, 4) is 5.75 Å². The quantitative estimate of drug-likeness (QED) is 0.849. The third-order valence-electron chi connectivity index (χ3n) is 3.19. The first-order valence-electron chi connectivity index (χ1n) is 6.14. The highest BCUT2D eigenvalue weighted by atomic mass is 19.1. The molecule has 3 rings (SSSR count). The number of methoxy groups -OCH3 is 1. The van der Waals surface area contributed by atoms with Gasteiger partial charge in [0.1, 0.15) is 11.6 Å². The smallest absolute Gasteiger partial charge is 0.256 e. The van der Waals surface area contributed by atoms with E-state index in [1.165, 1.54) is 12.1 Å². The lowest BCUT2D eigenvalue weighted by molar-refractivity contribution is -0.110. The highest BCUT2D eigenvalue weighted by molar-refractivity contribution is 6.34. The van der Waals surface area contributed by atoms with Gasteiger partial charge in [-0.1, -0.05) is 12.1 Å². The normalized spacial score (nSPS) is 15.1. The van der Waals surface area contributed by atoms with Crippen molar-refractivity contribution in [3.63, 3.8) is 0 Å². The largest absolute Gasteiger partial charge is 0.497 e. The van der Waals surface area contributed by atoms with Crippen molar-refractivity contribution in [1.29, 1.82) is 0 Å². The number of hydrogen-bond acceptors (Lipinski definition) is 2. The fourth-order valence-corrected chi connectivity index (χ4v) is 2.18. The topological polar surface area (TPSA) is 38.3 Å². The fraction of sp³-hybridized carbons (Fsp3) is 0.0625. The van der Waals surface area contributed by atoms with E-state index < -0.39 is 0 Å². The van der Waals surface area contributed by atoms with E-state index in [0.29, 0.717) is 16.8 Å². The molecule has 0 bridgehead atoms. The van der Waals surface area contributed by atoms with E-state index in [2.05, 4.69) is 5.32 Å². The van der Waals surface area contributed by atoms with Crippen LogP contribution in [0.1, 0.15) is 11.1 Å². The number of hydrogen-bond donors (Lipinski definition) is 1. The first-order chi connectivity index (χ1) is 9.67. The summed E-state index contributed by atoms with van der Waals surface area (Å²) in [5.41, 5.74) is 2.64. The van der Waals surface area contributed by atoms with E-state index >= 15 is 0 Å². The maximum atomic E-state index is 13.1. The summed E-state index contributed by atoms with van der Waals surface area (Å²) in [4.78, 5) is 11.9. The van der Waals surface area contributed by atoms with Crippen molar-refractivity contribution in [2.75, 3.05) is 12.4 Å². The van der Waals surface area contributed by atoms with Gasteiger partial charge < -0.3 is 10.1 Å². The third-order valence-corrected chi connectivity index (χ3v) is 3.19. The van der Waals surface area contributed by atoms with E-state index in [9.17, 15) is 9.18 Å². The number of halogens is 1. The van der Waals surface area contributed by atoms with Gasteiger partial charge in [-0.05, 0) is 42.0 Å². The lowest BCUT2D eigenvalue weighted by atomic mass is 10.0. The second-order valence-corrected chi connectivity index (χ2v) is 4.48. The number of nitrogens with one attached hydrogen (secondary N) is 1. The first kappa shape index (κ1) is 12.4. The lowest BCUT2D eigenvalue weighted by Gasteiger charge is -2.01. The number of benzene rings is 2. The monoisotopic (exact) mass is 269 g/mol. The van der Waals surface area contributed by atoms with Gasteiger partial charge in [0.05, 0.1) is 12.8 Å². The fourth-order valence-electron chi connectivity index (χ4n) is 2.18. The molecule has 1 amide bonds. The van der Waals surface area contributed by atoms with Gasteiger partial charge in [-0.2, -0.15) is 0 Å². The Hall–Kier alpha value is -2.62. The van der Waals surface area contributed by atoms with Gasteiger partial charge in [-0.3, -0.25) is 4.79 Å². The molecular weight excluding hydrogens is 257 g/mol. The molecule has 1 aliphatic rings. The summed E-state index contributed by atoms with van der Waals surface area (Å²) in [7, 11) is 1.60. The number of rotatable bonds is 2. The molecule has 3 nitrogen and oxygen atoms in total. The van der Waals surface area contributed by atoms with Crippen LogP contribution in [0.5, 0.6) is 5.75 Å². The Morgan fingerprint density at radius 2 is 1.90 bits per heavy atom. The second-order valence-electron chi connectivity index (χ2n) is 4.48. The third kappa shape index (κ3) is 2.16. The molecule has 0 aliphatic carbocycles. The van der Waals surface area contributed by atoms with Crippen molar-refractivity contribution < 1.29 is 13.9 Å². The Balaban J connectivity index is 2.01. The minimum atomic E-state index is -0.366. The standard InChI is InChI=1S/C16H12FNO2/c1-20-12-5-2-10(3-6-12)8-14-13-7-4-11(17)9-15(13)18-16(14)19/h2-9H,1H3,(H,18,19). The maximum absolute atomic E-state index is 13.1. The molecule has 1 heterocycles. The number of ether oxygens (including phenoxy) is 1. The molecule has 2 aromatic rings. The predicted molar refractivity (Wildman–Crippen MR) is 75.9 cm³/mol. The van der Waals surface area contributed by atoms with E-state index in [0.717, 1.165) is 11.3 Å². The average molecular weight is 269 g/mol. The lowest BCUT2D eigenvalue weighted by Crippen LogP contribution is -2.03. The Morgan fingerprint density at radius 3 is 2.60 bits per heavy atom. The van der Waals surface area contributed by atoms with Crippen LogP contribution in [0.25, 0.3) is 11.6 Å². The van der Waals surface area contributed by atoms with Crippen LogP contribution in [0, 0.1) is 5.82 Å². The number of amides is 1. The number of carbonyl (C=O) groups is 1. The van der Waals surface area contributed by atoms with Crippen LogP contribution in [0.3, 0.4) is 0 Å². The van der Waals surface area contributed by atoms with E-state index in [1.54, 1.807) is 19.3 Å². The van der Waals surface area contributed by atoms with Crippen molar-refractivity contribution in [1.82, 2.24) is 0 Å². The minimum Gasteiger partial charge on any atom is -0.497 e. The molecule has 0 saturated heterocycles. The molecule has 0 fully saturated rings. The van der Waals surface area contributed by atoms with E-state index in [4.69, 9.17) is 4.74 Å². The van der Waals surface area contributed by atoms with Crippen LogP contribution in [0.2, 0.25) is 0 Å². The Bertz CT molecular complexity index is 705. The summed E-state index contributed by atoms with van der Waals surface area (Å²) in [5.74, 6) is 0.168. The van der Waals surface area contributed by atoms with Gasteiger partial charge in [0, 0.05) is 11.1 Å². The first-order valence-corrected chi connectivity index (χ1v) is 6.14. The molecule has 1 aliphatic heterocycles. The molecule has 0 radical (unpaired) electrons. The van der Waals surface area contributed by atoms with E-state index in [-0.39, 0.29) is 11.7 Å². The van der Waals surface area contributed by atoms with Crippen LogP contribution in [0.4, 0.5) is 10.1 Å². The highest BCUT2D eigenvalue weighted by Gasteiger charge is 2.24. The molecule has 1 N–H and O–H groups in total. The molecule has 4 heteroatoms. The zero-order chi connectivity index (χ0) is 14.1. The summed E-state index contributed by atoms with van der Waals surface area (Å²) >= 11 is 0. The molecule has 0 unspecified atom stereocenters. The number of anilines is 1. The van der Waals surface area contributed by atoms with Crippen molar-refractivity contribution in [3.05, 3.63) is 59.4 Å². The summed E-state index contributed by atoms with van der Waals surface area (Å²) in [6, 6.07) is 11.7. The van der Waals surface area contributed by atoms with Crippen molar-refractivity contribution >= 4 is 23.2 Å². The summed E-state index contributed by atoms with van der Waals surface area (Å²) < 4.78 is 18.2. The predicted octanol–water partition coefficient (Wildman–Crippen LogP) is 3.33. The second kappa shape index (κ2) is 4.81. The Labute approximate surface area is 115 Å². The van der Waals surface area contributed by atoms with Crippen molar-refractivity contribution in [2.45, 2.75) is 0 Å². The molecular formula is C16H12FNO2. The number of carbonyl (C=O) groups excluding carboxylic acids is 1. The Kier molecular flexibility index (Phi) is 2.99. The zero-order valence-electron chi connectivity index (χ0n) is 10.8. The van der Waals surface area contributed by atoms with Gasteiger partial charge in [0.25, 0.3) is 5.91 Å². The van der Waals surface area contributed by atoms with Crippen molar-refractivity contribution in [2.24, 2.45) is 0 Å². The molecule has 0 aromatic heterocycles. The minimum absolute atomic E-state index is 0.221. The van der Waals surface area contributed by atoms with Crippen LogP contribution < -0.4 is 10.1 Å². The molecule has 0 saturated carbocycles. The maximum Gasteiger partial charge on any atom is 0.256 e. The summed E-state index contributed by atoms with van der Waals surface area (Å²) in [5, 5.41) is 2.66. The zero-order valence-corrected chi connectivity index (χ0v) is 10.8. The highest BCUT2D eigenvalue weighted by Crippen LogP contribution is 2.33. The van der Waals surface area contributed by atoms with Crippen LogP contribution in [-0.2, 0) is 4.79 Å². The van der Waals surface area contributed by atoms with E-state index in [1.807, 2.05) is 24.3 Å². The number of fused-ring (bicyclic) bond motifs is 1. The van der Waals surface area contributed by atoms with Gasteiger partial charge in [-0.15, -0.1) is 0 Å².